The van der Waals surface area contributed by atoms with Gasteiger partial charge in [0.2, 0.25) is 0 Å². The lowest BCUT2D eigenvalue weighted by Crippen LogP contribution is -2.37. The SMILES string of the molecule is CC1(C)CCCN1Cc1cnc(N)o1. The second-order valence-electron chi connectivity index (χ2n) is 4.50. The number of rotatable bonds is 2. The van der Waals surface area contributed by atoms with Crippen molar-refractivity contribution < 1.29 is 4.42 Å². The van der Waals surface area contributed by atoms with Crippen molar-refractivity contribution in [2.24, 2.45) is 0 Å². The predicted molar refractivity (Wildman–Crippen MR) is 54.6 cm³/mol. The van der Waals surface area contributed by atoms with Gasteiger partial charge < -0.3 is 10.2 Å². The van der Waals surface area contributed by atoms with Crippen LogP contribution in [0, 0.1) is 0 Å². The van der Waals surface area contributed by atoms with Crippen LogP contribution in [-0.4, -0.2) is 22.0 Å². The summed E-state index contributed by atoms with van der Waals surface area (Å²) in [6.07, 6.45) is 4.22. The van der Waals surface area contributed by atoms with Crippen molar-refractivity contribution in [1.82, 2.24) is 9.88 Å². The van der Waals surface area contributed by atoms with Crippen molar-refractivity contribution in [2.75, 3.05) is 12.3 Å². The summed E-state index contributed by atoms with van der Waals surface area (Å²) in [5.74, 6) is 0.859. The van der Waals surface area contributed by atoms with E-state index in [9.17, 15) is 0 Å². The van der Waals surface area contributed by atoms with Crippen LogP contribution in [-0.2, 0) is 6.54 Å². The zero-order valence-corrected chi connectivity index (χ0v) is 8.79. The number of likely N-dealkylation sites (tertiary alicyclic amines) is 1. The largest absolute Gasteiger partial charge is 0.428 e. The summed E-state index contributed by atoms with van der Waals surface area (Å²) in [6.45, 7) is 6.48. The first-order valence-electron chi connectivity index (χ1n) is 5.03. The Labute approximate surface area is 84.1 Å². The van der Waals surface area contributed by atoms with E-state index in [1.54, 1.807) is 6.20 Å². The molecule has 1 aliphatic heterocycles. The second-order valence-corrected chi connectivity index (χ2v) is 4.50. The van der Waals surface area contributed by atoms with Gasteiger partial charge in [-0.3, -0.25) is 4.90 Å². The van der Waals surface area contributed by atoms with E-state index in [0.29, 0.717) is 0 Å². The molecule has 0 amide bonds. The Balaban J connectivity index is 2.04. The molecule has 0 saturated carbocycles. The van der Waals surface area contributed by atoms with Crippen LogP contribution in [0.3, 0.4) is 0 Å². The van der Waals surface area contributed by atoms with Gasteiger partial charge in [-0.25, -0.2) is 4.98 Å². The molecule has 0 aliphatic carbocycles. The van der Waals surface area contributed by atoms with Gasteiger partial charge in [0.15, 0.2) is 0 Å². The number of nitrogens with two attached hydrogens (primary N) is 1. The Hall–Kier alpha value is -1.03. The highest BCUT2D eigenvalue weighted by molar-refractivity contribution is 5.11. The molecule has 0 radical (unpaired) electrons. The molecule has 2 heterocycles. The Bertz CT molecular complexity index is 319. The third kappa shape index (κ3) is 1.75. The van der Waals surface area contributed by atoms with Crippen molar-refractivity contribution in [3.63, 3.8) is 0 Å². The summed E-state index contributed by atoms with van der Waals surface area (Å²) >= 11 is 0. The van der Waals surface area contributed by atoms with Crippen LogP contribution in [0.1, 0.15) is 32.4 Å². The van der Waals surface area contributed by atoms with Gasteiger partial charge in [-0.2, -0.15) is 0 Å². The van der Waals surface area contributed by atoms with Gasteiger partial charge in [0.05, 0.1) is 12.7 Å². The Morgan fingerprint density at radius 2 is 2.43 bits per heavy atom. The fourth-order valence-electron chi connectivity index (χ4n) is 2.04. The Morgan fingerprint density at radius 1 is 1.64 bits per heavy atom. The van der Waals surface area contributed by atoms with Crippen molar-refractivity contribution in [2.45, 2.75) is 38.8 Å². The van der Waals surface area contributed by atoms with E-state index in [2.05, 4.69) is 23.7 Å². The summed E-state index contributed by atoms with van der Waals surface area (Å²) in [4.78, 5) is 6.30. The molecule has 1 fully saturated rings. The minimum Gasteiger partial charge on any atom is -0.428 e. The van der Waals surface area contributed by atoms with Crippen molar-refractivity contribution in [3.05, 3.63) is 12.0 Å². The molecule has 2 N–H and O–H groups in total. The highest BCUT2D eigenvalue weighted by Crippen LogP contribution is 2.29. The number of nitrogens with zero attached hydrogens (tertiary/aromatic N) is 2. The van der Waals surface area contributed by atoms with Gasteiger partial charge in [0, 0.05) is 5.54 Å². The van der Waals surface area contributed by atoms with Gasteiger partial charge in [-0.1, -0.05) is 0 Å². The van der Waals surface area contributed by atoms with E-state index in [1.165, 1.54) is 12.8 Å². The van der Waals surface area contributed by atoms with Gasteiger partial charge in [-0.05, 0) is 33.2 Å². The number of hydrogen-bond donors (Lipinski definition) is 1. The molecule has 0 aromatic carbocycles. The summed E-state index contributed by atoms with van der Waals surface area (Å²) in [6, 6.07) is 0.261. The lowest BCUT2D eigenvalue weighted by molar-refractivity contribution is 0.155. The summed E-state index contributed by atoms with van der Waals surface area (Å²) in [5.41, 5.74) is 5.70. The summed E-state index contributed by atoms with van der Waals surface area (Å²) in [7, 11) is 0. The van der Waals surface area contributed by atoms with Crippen LogP contribution in [0.4, 0.5) is 6.01 Å². The van der Waals surface area contributed by atoms with Crippen molar-refractivity contribution in [1.29, 1.82) is 0 Å². The molecule has 14 heavy (non-hydrogen) atoms. The number of aromatic nitrogens is 1. The molecular weight excluding hydrogens is 178 g/mol. The van der Waals surface area contributed by atoms with E-state index >= 15 is 0 Å². The van der Waals surface area contributed by atoms with Crippen LogP contribution in [0.2, 0.25) is 0 Å². The third-order valence-corrected chi connectivity index (χ3v) is 2.99. The lowest BCUT2D eigenvalue weighted by Gasteiger charge is -2.30. The molecule has 1 aromatic heterocycles. The molecule has 0 spiro atoms. The van der Waals surface area contributed by atoms with Crippen molar-refractivity contribution >= 4 is 6.01 Å². The Kier molecular flexibility index (Phi) is 2.23. The molecule has 4 heteroatoms. The molecule has 2 rings (SSSR count). The average Bonchev–Trinajstić information content (AvgIpc) is 2.61. The predicted octanol–water partition coefficient (Wildman–Crippen LogP) is 1.63. The second kappa shape index (κ2) is 3.28. The van der Waals surface area contributed by atoms with Gasteiger partial charge in [0.1, 0.15) is 5.76 Å². The van der Waals surface area contributed by atoms with Crippen LogP contribution in [0.25, 0.3) is 0 Å². The van der Waals surface area contributed by atoms with Crippen molar-refractivity contribution in [3.8, 4) is 0 Å². The number of hydrogen-bond acceptors (Lipinski definition) is 4. The molecule has 0 bridgehead atoms. The average molecular weight is 195 g/mol. The highest BCUT2D eigenvalue weighted by Gasteiger charge is 2.32. The third-order valence-electron chi connectivity index (χ3n) is 2.99. The molecule has 4 nitrogen and oxygen atoms in total. The number of nitrogen functional groups attached to an aromatic ring is 1. The highest BCUT2D eigenvalue weighted by atomic mass is 16.4. The first-order chi connectivity index (χ1) is 6.58. The minimum absolute atomic E-state index is 0.261. The summed E-state index contributed by atoms with van der Waals surface area (Å²) in [5, 5.41) is 0. The van der Waals surface area contributed by atoms with Gasteiger partial charge in [-0.15, -0.1) is 0 Å². The van der Waals surface area contributed by atoms with E-state index in [-0.39, 0.29) is 11.6 Å². The molecule has 0 atom stereocenters. The smallest absolute Gasteiger partial charge is 0.292 e. The topological polar surface area (TPSA) is 55.3 Å². The first-order valence-corrected chi connectivity index (χ1v) is 5.03. The maximum atomic E-state index is 5.42. The maximum Gasteiger partial charge on any atom is 0.292 e. The lowest BCUT2D eigenvalue weighted by atomic mass is 10.0. The fraction of sp³-hybridized carbons (Fsp3) is 0.700. The zero-order chi connectivity index (χ0) is 10.2. The monoisotopic (exact) mass is 195 g/mol. The van der Waals surface area contributed by atoms with Crippen LogP contribution >= 0.6 is 0 Å². The zero-order valence-electron chi connectivity index (χ0n) is 8.79. The normalized spacial score (nSPS) is 21.6. The standard InChI is InChI=1S/C10H17N3O/c1-10(2)4-3-5-13(10)7-8-6-12-9(11)14-8/h6H,3-5,7H2,1-2H3,(H2,11,12). The first kappa shape index (κ1) is 9.52. The van der Waals surface area contributed by atoms with Gasteiger partial charge >= 0.3 is 0 Å². The molecule has 78 valence electrons. The minimum atomic E-state index is 0.261. The van der Waals surface area contributed by atoms with Crippen LogP contribution in [0.15, 0.2) is 10.6 Å². The molecule has 0 unspecified atom stereocenters. The molecular formula is C10H17N3O. The fourth-order valence-corrected chi connectivity index (χ4v) is 2.04. The maximum absolute atomic E-state index is 5.42. The van der Waals surface area contributed by atoms with E-state index < -0.39 is 0 Å². The molecule has 1 saturated heterocycles. The van der Waals surface area contributed by atoms with E-state index in [0.717, 1.165) is 18.8 Å². The van der Waals surface area contributed by atoms with Gasteiger partial charge in [0.25, 0.3) is 6.01 Å². The quantitative estimate of drug-likeness (QED) is 0.779. The van der Waals surface area contributed by atoms with E-state index in [4.69, 9.17) is 10.2 Å². The van der Waals surface area contributed by atoms with Crippen LogP contribution in [0.5, 0.6) is 0 Å². The molecule has 1 aromatic rings. The van der Waals surface area contributed by atoms with E-state index in [1.807, 2.05) is 0 Å². The van der Waals surface area contributed by atoms with Crippen LogP contribution < -0.4 is 5.73 Å². The summed E-state index contributed by atoms with van der Waals surface area (Å²) < 4.78 is 5.26. The Morgan fingerprint density at radius 3 is 2.93 bits per heavy atom. The number of oxazole rings is 1. The number of anilines is 1. The molecule has 1 aliphatic rings.